The van der Waals surface area contributed by atoms with E-state index in [1.54, 1.807) is 49.6 Å². The van der Waals surface area contributed by atoms with E-state index in [0.29, 0.717) is 35.8 Å². The molecule has 3 aromatic carbocycles. The standard InChI is InChI=1S/C28H25FN4O4/c1-37-22-13-6-5-12-21(22)31-14-15-32-23(17-31)28(16-18-8-7-11-20(29)24(18)32)25(34)30-27(36)33(26(28)35)19-9-3-2-4-10-19/h2-13,23H,14-17H2,1H3,(H,30,34,36)/t23-,28-/m0/s1. The molecule has 37 heavy (non-hydrogen) atoms. The van der Waals surface area contributed by atoms with Gasteiger partial charge in [-0.2, -0.15) is 0 Å². The van der Waals surface area contributed by atoms with Gasteiger partial charge >= 0.3 is 6.03 Å². The second-order valence-corrected chi connectivity index (χ2v) is 9.46. The molecule has 4 amide bonds. The van der Waals surface area contributed by atoms with Crippen LogP contribution in [0.4, 0.5) is 26.2 Å². The molecular formula is C28H25FN4O4. The molecule has 3 aliphatic heterocycles. The maximum absolute atomic E-state index is 15.2. The van der Waals surface area contributed by atoms with E-state index in [9.17, 15) is 14.4 Å². The maximum Gasteiger partial charge on any atom is 0.335 e. The lowest BCUT2D eigenvalue weighted by atomic mass is 9.67. The number of carbonyl (C=O) groups excluding carboxylic acids is 3. The summed E-state index contributed by atoms with van der Waals surface area (Å²) in [5, 5.41) is 2.44. The predicted octanol–water partition coefficient (Wildman–Crippen LogP) is 3.36. The lowest BCUT2D eigenvalue weighted by Gasteiger charge is -2.55. The van der Waals surface area contributed by atoms with Crippen molar-refractivity contribution in [2.75, 3.05) is 41.4 Å². The number of rotatable bonds is 3. The van der Waals surface area contributed by atoms with Crippen molar-refractivity contribution in [3.63, 3.8) is 0 Å². The fraction of sp³-hybridized carbons (Fsp3) is 0.250. The number of imide groups is 2. The molecule has 9 heteroatoms. The zero-order chi connectivity index (χ0) is 25.7. The van der Waals surface area contributed by atoms with Crippen molar-refractivity contribution in [2.24, 2.45) is 5.41 Å². The zero-order valence-electron chi connectivity index (χ0n) is 20.2. The number of urea groups is 1. The molecule has 188 valence electrons. The van der Waals surface area contributed by atoms with E-state index in [1.807, 2.05) is 29.2 Å². The lowest BCUT2D eigenvalue weighted by molar-refractivity contribution is -0.144. The molecule has 0 aliphatic carbocycles. The third-order valence-corrected chi connectivity index (χ3v) is 7.63. The average Bonchev–Trinajstić information content (AvgIpc) is 2.92. The Morgan fingerprint density at radius 1 is 0.946 bits per heavy atom. The summed E-state index contributed by atoms with van der Waals surface area (Å²) in [5.41, 5.74) is 0.504. The number of para-hydroxylation sites is 4. The number of methoxy groups -OCH3 is 1. The largest absolute Gasteiger partial charge is 0.495 e. The fourth-order valence-electron chi connectivity index (χ4n) is 5.94. The molecule has 1 spiro atoms. The highest BCUT2D eigenvalue weighted by Gasteiger charge is 2.63. The van der Waals surface area contributed by atoms with Gasteiger partial charge in [0.2, 0.25) is 5.91 Å². The van der Waals surface area contributed by atoms with Crippen molar-refractivity contribution in [1.29, 1.82) is 0 Å². The highest BCUT2D eigenvalue weighted by atomic mass is 19.1. The first-order valence-electron chi connectivity index (χ1n) is 12.1. The average molecular weight is 501 g/mol. The van der Waals surface area contributed by atoms with Crippen LogP contribution in [0.3, 0.4) is 0 Å². The van der Waals surface area contributed by atoms with Crippen molar-refractivity contribution in [2.45, 2.75) is 12.5 Å². The summed E-state index contributed by atoms with van der Waals surface area (Å²) in [7, 11) is 1.59. The normalized spacial score (nSPS) is 23.0. The van der Waals surface area contributed by atoms with E-state index in [0.717, 1.165) is 10.6 Å². The Morgan fingerprint density at radius 3 is 2.49 bits per heavy atom. The Kier molecular flexibility index (Phi) is 5.36. The summed E-state index contributed by atoms with van der Waals surface area (Å²) in [4.78, 5) is 45.9. The maximum atomic E-state index is 15.2. The molecule has 2 saturated heterocycles. The second-order valence-electron chi connectivity index (χ2n) is 9.46. The van der Waals surface area contributed by atoms with Crippen LogP contribution in [0.15, 0.2) is 72.8 Å². The number of amides is 4. The molecule has 3 aliphatic rings. The van der Waals surface area contributed by atoms with Gasteiger partial charge in [-0.3, -0.25) is 14.9 Å². The minimum atomic E-state index is -1.65. The summed E-state index contributed by atoms with van der Waals surface area (Å²) in [6, 6.07) is 19.2. The number of hydrogen-bond acceptors (Lipinski definition) is 6. The van der Waals surface area contributed by atoms with Crippen LogP contribution in [-0.4, -0.2) is 50.6 Å². The van der Waals surface area contributed by atoms with E-state index in [4.69, 9.17) is 4.74 Å². The van der Waals surface area contributed by atoms with Crippen LogP contribution in [-0.2, 0) is 16.0 Å². The first-order chi connectivity index (χ1) is 18.0. The number of nitrogens with zero attached hydrogens (tertiary/aromatic N) is 3. The van der Waals surface area contributed by atoms with Crippen molar-refractivity contribution >= 4 is 34.9 Å². The third kappa shape index (κ3) is 3.37. The highest BCUT2D eigenvalue weighted by molar-refractivity contribution is 6.30. The number of anilines is 3. The minimum Gasteiger partial charge on any atom is -0.495 e. The third-order valence-electron chi connectivity index (χ3n) is 7.63. The van der Waals surface area contributed by atoms with Crippen molar-refractivity contribution in [3.05, 3.63) is 84.2 Å². The summed E-state index contributed by atoms with van der Waals surface area (Å²) in [6.07, 6.45) is -0.0255. The van der Waals surface area contributed by atoms with E-state index in [-0.39, 0.29) is 13.0 Å². The molecule has 0 radical (unpaired) electrons. The molecule has 0 bridgehead atoms. The number of hydrogen-bond donors (Lipinski definition) is 1. The smallest absolute Gasteiger partial charge is 0.335 e. The quantitative estimate of drug-likeness (QED) is 0.556. The molecule has 6 rings (SSSR count). The van der Waals surface area contributed by atoms with Crippen LogP contribution >= 0.6 is 0 Å². The Balaban J connectivity index is 1.51. The van der Waals surface area contributed by atoms with Crippen LogP contribution in [0.2, 0.25) is 0 Å². The Morgan fingerprint density at radius 2 is 1.70 bits per heavy atom. The number of barbiturate groups is 1. The number of benzene rings is 3. The Hall–Kier alpha value is -4.40. The van der Waals surface area contributed by atoms with Gasteiger partial charge in [0.05, 0.1) is 30.2 Å². The topological polar surface area (TPSA) is 82.2 Å². The number of carbonyl (C=O) groups is 3. The van der Waals surface area contributed by atoms with Gasteiger partial charge in [-0.25, -0.2) is 14.1 Å². The number of fused-ring (bicyclic) bond motifs is 4. The van der Waals surface area contributed by atoms with Gasteiger partial charge in [-0.1, -0.05) is 42.5 Å². The van der Waals surface area contributed by atoms with Crippen LogP contribution in [0, 0.1) is 11.2 Å². The molecular weight excluding hydrogens is 475 g/mol. The molecule has 0 unspecified atom stereocenters. The molecule has 0 aromatic heterocycles. The molecule has 3 heterocycles. The molecule has 2 fully saturated rings. The molecule has 2 atom stereocenters. The highest BCUT2D eigenvalue weighted by Crippen LogP contribution is 2.48. The van der Waals surface area contributed by atoms with Crippen LogP contribution in [0.25, 0.3) is 0 Å². The van der Waals surface area contributed by atoms with Gasteiger partial charge in [-0.15, -0.1) is 0 Å². The molecule has 1 N–H and O–H groups in total. The molecule has 3 aromatic rings. The van der Waals surface area contributed by atoms with E-state index in [2.05, 4.69) is 10.2 Å². The zero-order valence-corrected chi connectivity index (χ0v) is 20.2. The van der Waals surface area contributed by atoms with Gasteiger partial charge in [0.15, 0.2) is 5.41 Å². The van der Waals surface area contributed by atoms with Crippen molar-refractivity contribution in [3.8, 4) is 5.75 Å². The SMILES string of the molecule is COc1ccccc1N1CCN2c3c(F)cccc3C[C@@]3(C(=O)NC(=O)N(c4ccccc4)C3=O)[C@@H]2C1. The van der Waals surface area contributed by atoms with Crippen molar-refractivity contribution in [1.82, 2.24) is 5.32 Å². The van der Waals surface area contributed by atoms with Gasteiger partial charge < -0.3 is 14.5 Å². The van der Waals surface area contributed by atoms with E-state index >= 15 is 4.39 Å². The molecule has 8 nitrogen and oxygen atoms in total. The van der Waals surface area contributed by atoms with Gasteiger partial charge in [0, 0.05) is 26.1 Å². The minimum absolute atomic E-state index is 0.0255. The van der Waals surface area contributed by atoms with Gasteiger partial charge in [-0.05, 0) is 35.9 Å². The fourth-order valence-corrected chi connectivity index (χ4v) is 5.94. The summed E-state index contributed by atoms with van der Waals surface area (Å²) >= 11 is 0. The second kappa shape index (κ2) is 8.62. The summed E-state index contributed by atoms with van der Waals surface area (Å²) in [6.45, 7) is 1.15. The van der Waals surface area contributed by atoms with Gasteiger partial charge in [0.1, 0.15) is 11.6 Å². The number of nitrogens with one attached hydrogen (secondary N) is 1. The van der Waals surface area contributed by atoms with Crippen LogP contribution in [0.1, 0.15) is 5.56 Å². The van der Waals surface area contributed by atoms with E-state index in [1.165, 1.54) is 6.07 Å². The van der Waals surface area contributed by atoms with Crippen LogP contribution < -0.4 is 24.8 Å². The monoisotopic (exact) mass is 500 g/mol. The van der Waals surface area contributed by atoms with Gasteiger partial charge in [0.25, 0.3) is 5.91 Å². The summed E-state index contributed by atoms with van der Waals surface area (Å²) in [5.74, 6) is -1.02. The lowest BCUT2D eigenvalue weighted by Crippen LogP contribution is -2.75. The number of ether oxygens (including phenoxy) is 1. The Bertz CT molecular complexity index is 1410. The summed E-state index contributed by atoms with van der Waals surface area (Å²) < 4.78 is 20.8. The predicted molar refractivity (Wildman–Crippen MR) is 136 cm³/mol. The van der Waals surface area contributed by atoms with Crippen LogP contribution in [0.5, 0.6) is 5.75 Å². The Labute approximate surface area is 213 Å². The number of piperazine rings is 1. The number of halogens is 1. The van der Waals surface area contributed by atoms with Crippen molar-refractivity contribution < 1.29 is 23.5 Å². The molecule has 0 saturated carbocycles. The first kappa shape index (κ1) is 23.0. The van der Waals surface area contributed by atoms with E-state index < -0.39 is 35.1 Å². The first-order valence-corrected chi connectivity index (χ1v) is 12.1.